The quantitative estimate of drug-likeness (QED) is 0.744. The smallest absolute Gasteiger partial charge is 0.326 e. The number of carboxylic acid groups (broad SMARTS) is 1. The van der Waals surface area contributed by atoms with Gasteiger partial charge in [0.1, 0.15) is 6.04 Å². The van der Waals surface area contributed by atoms with Crippen molar-refractivity contribution in [3.63, 3.8) is 0 Å². The van der Waals surface area contributed by atoms with Crippen molar-refractivity contribution in [3.8, 4) is 0 Å². The number of benzene rings is 2. The first kappa shape index (κ1) is 16.2. The van der Waals surface area contributed by atoms with Crippen molar-refractivity contribution in [3.05, 3.63) is 71.3 Å². The molecule has 1 atom stereocenters. The minimum absolute atomic E-state index is 0.164. The van der Waals surface area contributed by atoms with E-state index in [1.54, 1.807) is 24.3 Å². The molecule has 23 heavy (non-hydrogen) atoms. The molecule has 2 amide bonds. The molecule has 2 rings (SSSR count). The zero-order valence-electron chi connectivity index (χ0n) is 12.2. The first-order valence-corrected chi connectivity index (χ1v) is 6.95. The fraction of sp³-hybridized carbons (Fsp3) is 0.118. The summed E-state index contributed by atoms with van der Waals surface area (Å²) in [5.74, 6) is -2.36. The van der Waals surface area contributed by atoms with Gasteiger partial charge in [0.25, 0.3) is 5.91 Å². The molecule has 0 aromatic heterocycles. The lowest BCUT2D eigenvalue weighted by Crippen LogP contribution is -2.42. The van der Waals surface area contributed by atoms with E-state index < -0.39 is 23.8 Å². The number of carbonyl (C=O) groups excluding carboxylic acids is 2. The summed E-state index contributed by atoms with van der Waals surface area (Å²) in [6.45, 7) is 0. The molecule has 0 aliphatic rings. The molecule has 0 bridgehead atoms. The summed E-state index contributed by atoms with van der Waals surface area (Å²) in [6.07, 6.45) is 0.164. The van der Waals surface area contributed by atoms with Gasteiger partial charge < -0.3 is 16.2 Å². The second-order valence-corrected chi connectivity index (χ2v) is 5.00. The van der Waals surface area contributed by atoms with E-state index in [1.807, 2.05) is 6.07 Å². The monoisotopic (exact) mass is 312 g/mol. The highest BCUT2D eigenvalue weighted by Crippen LogP contribution is 2.07. The van der Waals surface area contributed by atoms with Crippen LogP contribution in [0.2, 0.25) is 0 Å². The van der Waals surface area contributed by atoms with E-state index in [0.29, 0.717) is 0 Å². The van der Waals surface area contributed by atoms with E-state index in [9.17, 15) is 19.5 Å². The zero-order valence-corrected chi connectivity index (χ0v) is 12.2. The van der Waals surface area contributed by atoms with E-state index in [2.05, 4.69) is 5.32 Å². The van der Waals surface area contributed by atoms with Crippen molar-refractivity contribution in [2.24, 2.45) is 5.73 Å². The Bertz CT molecular complexity index is 728. The van der Waals surface area contributed by atoms with Crippen LogP contribution < -0.4 is 11.1 Å². The normalized spacial score (nSPS) is 11.5. The van der Waals surface area contributed by atoms with Crippen molar-refractivity contribution >= 4 is 17.8 Å². The third-order valence-electron chi connectivity index (χ3n) is 3.30. The molecule has 0 saturated heterocycles. The van der Waals surface area contributed by atoms with Crippen molar-refractivity contribution in [1.29, 1.82) is 0 Å². The third kappa shape index (κ3) is 4.41. The van der Waals surface area contributed by atoms with Crippen LogP contribution in [0.3, 0.4) is 0 Å². The topological polar surface area (TPSA) is 109 Å². The SMILES string of the molecule is NC(=O)c1cccc(C(=O)N[C@@H](Cc2ccccc2)C(=O)O)c1. The van der Waals surface area contributed by atoms with Gasteiger partial charge in [-0.25, -0.2) is 4.79 Å². The van der Waals surface area contributed by atoms with Crippen molar-refractivity contribution < 1.29 is 19.5 Å². The Hall–Kier alpha value is -3.15. The average Bonchev–Trinajstić information content (AvgIpc) is 2.55. The summed E-state index contributed by atoms with van der Waals surface area (Å²) in [5.41, 5.74) is 6.34. The van der Waals surface area contributed by atoms with Crippen molar-refractivity contribution in [2.75, 3.05) is 0 Å². The molecule has 0 unspecified atom stereocenters. The number of primary amides is 1. The second-order valence-electron chi connectivity index (χ2n) is 5.00. The van der Waals surface area contributed by atoms with Crippen molar-refractivity contribution in [1.82, 2.24) is 5.32 Å². The maximum absolute atomic E-state index is 12.2. The van der Waals surface area contributed by atoms with E-state index in [1.165, 1.54) is 24.3 Å². The van der Waals surface area contributed by atoms with Gasteiger partial charge in [0.2, 0.25) is 5.91 Å². The van der Waals surface area contributed by atoms with Gasteiger partial charge in [0, 0.05) is 17.5 Å². The van der Waals surface area contributed by atoms with Crippen LogP contribution in [0.1, 0.15) is 26.3 Å². The molecule has 6 nitrogen and oxygen atoms in total. The highest BCUT2D eigenvalue weighted by Gasteiger charge is 2.21. The molecule has 0 aliphatic heterocycles. The Morgan fingerprint density at radius 2 is 1.65 bits per heavy atom. The number of hydrogen-bond donors (Lipinski definition) is 3. The number of carboxylic acids is 1. The summed E-state index contributed by atoms with van der Waals surface area (Å²) >= 11 is 0. The van der Waals surface area contributed by atoms with Crippen LogP contribution in [-0.4, -0.2) is 28.9 Å². The molecule has 0 spiro atoms. The number of aliphatic carboxylic acids is 1. The van der Waals surface area contributed by atoms with Gasteiger partial charge in [-0.2, -0.15) is 0 Å². The molecular weight excluding hydrogens is 296 g/mol. The predicted molar refractivity (Wildman–Crippen MR) is 84.0 cm³/mol. The van der Waals surface area contributed by atoms with E-state index in [-0.39, 0.29) is 17.5 Å². The Labute approximate surface area is 132 Å². The molecule has 6 heteroatoms. The highest BCUT2D eigenvalue weighted by molar-refractivity contribution is 6.00. The Kier molecular flexibility index (Phi) is 5.09. The zero-order chi connectivity index (χ0) is 16.8. The predicted octanol–water partition coefficient (Wildman–Crippen LogP) is 1.21. The van der Waals surface area contributed by atoms with Gasteiger partial charge in [-0.1, -0.05) is 36.4 Å². The van der Waals surface area contributed by atoms with Crippen LogP contribution in [0.4, 0.5) is 0 Å². The maximum atomic E-state index is 12.2. The lowest BCUT2D eigenvalue weighted by atomic mass is 10.0. The maximum Gasteiger partial charge on any atom is 0.326 e. The molecule has 4 N–H and O–H groups in total. The molecule has 0 heterocycles. The number of rotatable bonds is 6. The Balaban J connectivity index is 2.13. The van der Waals surface area contributed by atoms with E-state index in [4.69, 9.17) is 5.73 Å². The van der Waals surface area contributed by atoms with Gasteiger partial charge >= 0.3 is 5.97 Å². The molecule has 118 valence electrons. The Morgan fingerprint density at radius 3 is 2.26 bits per heavy atom. The first-order valence-electron chi connectivity index (χ1n) is 6.95. The molecule has 0 fully saturated rings. The molecule has 2 aromatic carbocycles. The molecule has 2 aromatic rings. The Morgan fingerprint density at radius 1 is 1.00 bits per heavy atom. The third-order valence-corrected chi connectivity index (χ3v) is 3.30. The molecular formula is C17H16N2O4. The summed E-state index contributed by atoms with van der Waals surface area (Å²) in [4.78, 5) is 34.7. The number of nitrogens with two attached hydrogens (primary N) is 1. The van der Waals surface area contributed by atoms with Crippen LogP contribution in [0.25, 0.3) is 0 Å². The molecule has 0 radical (unpaired) electrons. The highest BCUT2D eigenvalue weighted by atomic mass is 16.4. The lowest BCUT2D eigenvalue weighted by molar-refractivity contribution is -0.139. The van der Waals surface area contributed by atoms with E-state index in [0.717, 1.165) is 5.56 Å². The van der Waals surface area contributed by atoms with Crippen LogP contribution in [0, 0.1) is 0 Å². The van der Waals surface area contributed by atoms with Crippen LogP contribution >= 0.6 is 0 Å². The summed E-state index contributed by atoms with van der Waals surface area (Å²) in [7, 11) is 0. The van der Waals surface area contributed by atoms with E-state index >= 15 is 0 Å². The van der Waals surface area contributed by atoms with Gasteiger partial charge in [0.05, 0.1) is 0 Å². The summed E-state index contributed by atoms with van der Waals surface area (Å²) in [6, 6.07) is 13.8. The standard InChI is InChI=1S/C17H16N2O4/c18-15(20)12-7-4-8-13(10-12)16(21)19-14(17(22)23)9-11-5-2-1-3-6-11/h1-8,10,14H,9H2,(H2,18,20)(H,19,21)(H,22,23)/t14-/m0/s1. The van der Waals surface area contributed by atoms with Gasteiger partial charge in [-0.05, 0) is 23.8 Å². The average molecular weight is 312 g/mol. The second kappa shape index (κ2) is 7.22. The minimum atomic E-state index is -1.13. The van der Waals surface area contributed by atoms with Crippen LogP contribution in [-0.2, 0) is 11.2 Å². The van der Waals surface area contributed by atoms with Gasteiger partial charge in [-0.15, -0.1) is 0 Å². The molecule has 0 saturated carbocycles. The van der Waals surface area contributed by atoms with Crippen molar-refractivity contribution in [2.45, 2.75) is 12.5 Å². The fourth-order valence-electron chi connectivity index (χ4n) is 2.11. The number of carbonyl (C=O) groups is 3. The van der Waals surface area contributed by atoms with Crippen LogP contribution in [0.15, 0.2) is 54.6 Å². The summed E-state index contributed by atoms with van der Waals surface area (Å²) in [5, 5.41) is 11.7. The largest absolute Gasteiger partial charge is 0.480 e. The lowest BCUT2D eigenvalue weighted by Gasteiger charge is -2.15. The number of hydrogen-bond acceptors (Lipinski definition) is 3. The minimum Gasteiger partial charge on any atom is -0.480 e. The molecule has 0 aliphatic carbocycles. The number of amides is 2. The van der Waals surface area contributed by atoms with Crippen LogP contribution in [0.5, 0.6) is 0 Å². The summed E-state index contributed by atoms with van der Waals surface area (Å²) < 4.78 is 0. The van der Waals surface area contributed by atoms with Gasteiger partial charge in [-0.3, -0.25) is 9.59 Å². The fourth-order valence-corrected chi connectivity index (χ4v) is 2.11. The number of nitrogens with one attached hydrogen (secondary N) is 1. The van der Waals surface area contributed by atoms with Gasteiger partial charge in [0.15, 0.2) is 0 Å². The first-order chi connectivity index (χ1) is 11.0.